The molecule has 2 N–H and O–H groups in total. The minimum atomic E-state index is -0.764. The maximum Gasteiger partial charge on any atom is 0.223 e. The van der Waals surface area contributed by atoms with E-state index in [1.54, 1.807) is 0 Å². The molecule has 4 heteroatoms. The first kappa shape index (κ1) is 11.6. The van der Waals surface area contributed by atoms with Crippen LogP contribution in [0.5, 0.6) is 0 Å². The highest BCUT2D eigenvalue weighted by molar-refractivity contribution is 5.79. The van der Waals surface area contributed by atoms with E-state index in [1.807, 2.05) is 12.2 Å². The Bertz CT molecular complexity index is 274. The van der Waals surface area contributed by atoms with Crippen molar-refractivity contribution in [3.8, 4) is 0 Å². The number of hydrogen-bond donors (Lipinski definition) is 2. The smallest absolute Gasteiger partial charge is 0.223 e. The van der Waals surface area contributed by atoms with E-state index in [0.29, 0.717) is 32.6 Å². The first-order chi connectivity index (χ1) is 7.70. The van der Waals surface area contributed by atoms with Crippen molar-refractivity contribution < 1.29 is 14.6 Å². The first-order valence-corrected chi connectivity index (χ1v) is 5.92. The summed E-state index contributed by atoms with van der Waals surface area (Å²) < 4.78 is 5.19. The Balaban J connectivity index is 1.75. The average molecular weight is 225 g/mol. The summed E-state index contributed by atoms with van der Waals surface area (Å²) in [6.45, 7) is 1.51. The van der Waals surface area contributed by atoms with Gasteiger partial charge >= 0.3 is 0 Å². The summed E-state index contributed by atoms with van der Waals surface area (Å²) in [6, 6.07) is 0. The van der Waals surface area contributed by atoms with Gasteiger partial charge in [-0.15, -0.1) is 0 Å². The van der Waals surface area contributed by atoms with Crippen molar-refractivity contribution in [1.29, 1.82) is 0 Å². The topological polar surface area (TPSA) is 58.6 Å². The first-order valence-electron chi connectivity index (χ1n) is 5.92. The molecule has 0 saturated carbocycles. The Kier molecular flexibility index (Phi) is 3.61. The van der Waals surface area contributed by atoms with Crippen molar-refractivity contribution in [1.82, 2.24) is 5.32 Å². The van der Waals surface area contributed by atoms with E-state index in [2.05, 4.69) is 5.32 Å². The Morgan fingerprint density at radius 1 is 1.38 bits per heavy atom. The van der Waals surface area contributed by atoms with E-state index in [9.17, 15) is 9.90 Å². The van der Waals surface area contributed by atoms with Crippen molar-refractivity contribution in [3.05, 3.63) is 12.2 Å². The van der Waals surface area contributed by atoms with Gasteiger partial charge in [0.15, 0.2) is 0 Å². The predicted octanol–water partition coefficient (Wildman–Crippen LogP) is 0.610. The number of carbonyl (C=O) groups excluding carboxylic acids is 1. The Morgan fingerprint density at radius 2 is 2.00 bits per heavy atom. The van der Waals surface area contributed by atoms with Crippen LogP contribution in [-0.4, -0.2) is 36.4 Å². The second-order valence-electron chi connectivity index (χ2n) is 4.69. The minimum absolute atomic E-state index is 0.0601. The number of aliphatic hydroxyl groups is 1. The minimum Gasteiger partial charge on any atom is -0.388 e. The van der Waals surface area contributed by atoms with Crippen LogP contribution in [0.3, 0.4) is 0 Å². The van der Waals surface area contributed by atoms with Crippen LogP contribution in [0.15, 0.2) is 12.2 Å². The molecule has 4 nitrogen and oxygen atoms in total. The largest absolute Gasteiger partial charge is 0.388 e. The van der Waals surface area contributed by atoms with Crippen molar-refractivity contribution in [2.45, 2.75) is 31.3 Å². The molecule has 0 aromatic heterocycles. The molecule has 1 saturated heterocycles. The van der Waals surface area contributed by atoms with Crippen molar-refractivity contribution >= 4 is 5.91 Å². The molecule has 0 spiro atoms. The molecular weight excluding hydrogens is 206 g/mol. The van der Waals surface area contributed by atoms with Crippen LogP contribution in [0.25, 0.3) is 0 Å². The second-order valence-corrected chi connectivity index (χ2v) is 4.69. The fourth-order valence-corrected chi connectivity index (χ4v) is 2.16. The molecule has 90 valence electrons. The molecule has 0 radical (unpaired) electrons. The zero-order valence-corrected chi connectivity index (χ0v) is 9.45. The molecule has 2 rings (SSSR count). The molecule has 1 aliphatic heterocycles. The summed E-state index contributed by atoms with van der Waals surface area (Å²) in [7, 11) is 0. The third-order valence-electron chi connectivity index (χ3n) is 3.39. The number of ether oxygens (including phenoxy) is 1. The van der Waals surface area contributed by atoms with Gasteiger partial charge in [0.1, 0.15) is 0 Å². The van der Waals surface area contributed by atoms with Crippen LogP contribution in [0.4, 0.5) is 0 Å². The second kappa shape index (κ2) is 4.97. The summed E-state index contributed by atoms with van der Waals surface area (Å²) in [5.74, 6) is 0.133. The van der Waals surface area contributed by atoms with Crippen molar-refractivity contribution in [2.75, 3.05) is 19.8 Å². The zero-order valence-electron chi connectivity index (χ0n) is 9.45. The van der Waals surface area contributed by atoms with Gasteiger partial charge in [0.05, 0.1) is 5.60 Å². The van der Waals surface area contributed by atoms with E-state index < -0.39 is 5.60 Å². The third-order valence-corrected chi connectivity index (χ3v) is 3.39. The molecule has 0 bridgehead atoms. The number of hydrogen-bond acceptors (Lipinski definition) is 3. The van der Waals surface area contributed by atoms with Crippen molar-refractivity contribution in [2.24, 2.45) is 5.92 Å². The van der Waals surface area contributed by atoms with Gasteiger partial charge in [-0.25, -0.2) is 0 Å². The lowest BCUT2D eigenvalue weighted by Crippen LogP contribution is -2.47. The Morgan fingerprint density at radius 3 is 2.62 bits per heavy atom. The fraction of sp³-hybridized carbons (Fsp3) is 0.750. The van der Waals surface area contributed by atoms with Gasteiger partial charge in [-0.1, -0.05) is 12.2 Å². The molecule has 0 atom stereocenters. The lowest BCUT2D eigenvalue weighted by molar-refractivity contribution is -0.127. The number of nitrogens with one attached hydrogen (secondary N) is 1. The van der Waals surface area contributed by atoms with Crippen LogP contribution in [0, 0.1) is 5.92 Å². The van der Waals surface area contributed by atoms with Crippen LogP contribution in [0.2, 0.25) is 0 Å². The molecule has 1 aliphatic carbocycles. The van der Waals surface area contributed by atoms with Crippen LogP contribution >= 0.6 is 0 Å². The summed E-state index contributed by atoms with van der Waals surface area (Å²) in [4.78, 5) is 11.7. The molecule has 16 heavy (non-hydrogen) atoms. The van der Waals surface area contributed by atoms with Crippen LogP contribution in [-0.2, 0) is 9.53 Å². The fourth-order valence-electron chi connectivity index (χ4n) is 2.16. The molecule has 1 amide bonds. The maximum absolute atomic E-state index is 11.7. The van der Waals surface area contributed by atoms with Gasteiger partial charge in [-0.2, -0.15) is 0 Å². The molecular formula is C12H19NO3. The summed E-state index contributed by atoms with van der Waals surface area (Å²) in [5.41, 5.74) is -0.764. The number of amides is 1. The Labute approximate surface area is 95.7 Å². The summed E-state index contributed by atoms with van der Waals surface area (Å²) >= 11 is 0. The highest BCUT2D eigenvalue weighted by Gasteiger charge is 2.31. The standard InChI is InChI=1S/C12H19NO3/c14-11(10-3-1-2-4-10)13-9-12(15)5-7-16-8-6-12/h1-2,10,15H,3-9H2,(H,13,14). The van der Waals surface area contributed by atoms with E-state index >= 15 is 0 Å². The zero-order chi connectivity index (χ0) is 11.4. The molecule has 0 unspecified atom stereocenters. The monoisotopic (exact) mass is 225 g/mol. The number of carbonyl (C=O) groups is 1. The number of rotatable bonds is 3. The van der Waals surface area contributed by atoms with Gasteiger partial charge in [-0.05, 0) is 12.8 Å². The summed E-state index contributed by atoms with van der Waals surface area (Å²) in [6.07, 6.45) is 6.94. The van der Waals surface area contributed by atoms with Crippen LogP contribution < -0.4 is 5.32 Å². The molecule has 0 aromatic carbocycles. The van der Waals surface area contributed by atoms with E-state index in [-0.39, 0.29) is 11.8 Å². The highest BCUT2D eigenvalue weighted by Crippen LogP contribution is 2.21. The quantitative estimate of drug-likeness (QED) is 0.692. The SMILES string of the molecule is O=C(NCC1(O)CCOCC1)C1CC=CC1. The summed E-state index contributed by atoms with van der Waals surface area (Å²) in [5, 5.41) is 13.0. The van der Waals surface area contributed by atoms with E-state index in [1.165, 1.54) is 0 Å². The van der Waals surface area contributed by atoms with Gasteiger partial charge in [0.25, 0.3) is 0 Å². The third kappa shape index (κ3) is 2.83. The van der Waals surface area contributed by atoms with Gasteiger partial charge in [-0.3, -0.25) is 4.79 Å². The lowest BCUT2D eigenvalue weighted by atomic mass is 9.94. The normalized spacial score (nSPS) is 24.6. The average Bonchev–Trinajstić information content (AvgIpc) is 2.80. The molecule has 0 aromatic rings. The van der Waals surface area contributed by atoms with E-state index in [0.717, 1.165) is 12.8 Å². The lowest BCUT2D eigenvalue weighted by Gasteiger charge is -2.32. The van der Waals surface area contributed by atoms with Gasteiger partial charge in [0.2, 0.25) is 5.91 Å². The van der Waals surface area contributed by atoms with Crippen LogP contribution in [0.1, 0.15) is 25.7 Å². The number of allylic oxidation sites excluding steroid dienone is 2. The molecule has 1 heterocycles. The predicted molar refractivity (Wildman–Crippen MR) is 59.9 cm³/mol. The van der Waals surface area contributed by atoms with Gasteiger partial charge in [0, 0.05) is 38.5 Å². The van der Waals surface area contributed by atoms with E-state index in [4.69, 9.17) is 4.74 Å². The van der Waals surface area contributed by atoms with Crippen molar-refractivity contribution in [3.63, 3.8) is 0 Å². The molecule has 2 aliphatic rings. The van der Waals surface area contributed by atoms with Gasteiger partial charge < -0.3 is 15.2 Å². The Hall–Kier alpha value is -0.870. The maximum atomic E-state index is 11.7. The highest BCUT2D eigenvalue weighted by atomic mass is 16.5. The molecule has 1 fully saturated rings.